The van der Waals surface area contributed by atoms with Gasteiger partial charge in [-0.15, -0.1) is 11.8 Å². The van der Waals surface area contributed by atoms with E-state index in [1.165, 1.54) is 0 Å². The van der Waals surface area contributed by atoms with Crippen LogP contribution in [0.5, 0.6) is 5.75 Å². The van der Waals surface area contributed by atoms with Crippen LogP contribution in [-0.2, 0) is 7.05 Å². The van der Waals surface area contributed by atoms with Crippen LogP contribution in [0.1, 0.15) is 21.4 Å². The summed E-state index contributed by atoms with van der Waals surface area (Å²) >= 11 is 5.28. The number of benzene rings is 2. The third kappa shape index (κ3) is 3.56. The fourth-order valence-electron chi connectivity index (χ4n) is 3.40. The number of rotatable bonds is 4. The highest BCUT2D eigenvalue weighted by molar-refractivity contribution is 9.10. The van der Waals surface area contributed by atoms with Gasteiger partial charge in [0.05, 0.1) is 12.8 Å². The van der Waals surface area contributed by atoms with E-state index in [0.717, 1.165) is 32.8 Å². The highest BCUT2D eigenvalue weighted by Crippen LogP contribution is 2.43. The molecule has 0 N–H and O–H groups in total. The van der Waals surface area contributed by atoms with E-state index >= 15 is 0 Å². The summed E-state index contributed by atoms with van der Waals surface area (Å²) in [6.45, 7) is 0.690. The van der Waals surface area contributed by atoms with Crippen molar-refractivity contribution >= 4 is 33.6 Å². The minimum absolute atomic E-state index is 0.0193. The molecule has 1 saturated heterocycles. The summed E-state index contributed by atoms with van der Waals surface area (Å²) < 4.78 is 8.18. The number of halogens is 1. The first-order valence-electron chi connectivity index (χ1n) is 8.94. The summed E-state index contributed by atoms with van der Waals surface area (Å²) in [7, 11) is 3.48. The zero-order valence-corrected chi connectivity index (χ0v) is 18.0. The largest absolute Gasteiger partial charge is 0.496 e. The van der Waals surface area contributed by atoms with Gasteiger partial charge in [0.2, 0.25) is 0 Å². The topological polar surface area (TPSA) is 47.4 Å². The number of ether oxygens (including phenoxy) is 1. The maximum Gasteiger partial charge on any atom is 0.273 e. The molecule has 28 heavy (non-hydrogen) atoms. The summed E-state index contributed by atoms with van der Waals surface area (Å²) in [6.07, 6.45) is 0. The number of thioether (sulfide) groups is 1. The predicted octanol–water partition coefficient (Wildman–Crippen LogP) is 4.75. The van der Waals surface area contributed by atoms with E-state index in [-0.39, 0.29) is 11.3 Å². The van der Waals surface area contributed by atoms with Crippen LogP contribution in [0.25, 0.3) is 11.3 Å². The van der Waals surface area contributed by atoms with Crippen LogP contribution < -0.4 is 4.74 Å². The Morgan fingerprint density at radius 3 is 2.75 bits per heavy atom. The van der Waals surface area contributed by atoms with Crippen molar-refractivity contribution in [2.75, 3.05) is 19.4 Å². The van der Waals surface area contributed by atoms with Gasteiger partial charge in [-0.2, -0.15) is 5.10 Å². The van der Waals surface area contributed by atoms with Gasteiger partial charge in [0.15, 0.2) is 0 Å². The molecule has 3 aromatic rings. The van der Waals surface area contributed by atoms with Crippen LogP contribution in [-0.4, -0.2) is 40.0 Å². The highest BCUT2D eigenvalue weighted by Gasteiger charge is 2.34. The van der Waals surface area contributed by atoms with Gasteiger partial charge in [-0.1, -0.05) is 46.3 Å². The van der Waals surface area contributed by atoms with E-state index in [1.807, 2.05) is 66.5 Å². The Hall–Kier alpha value is -2.25. The summed E-state index contributed by atoms with van der Waals surface area (Å²) in [4.78, 5) is 15.3. The molecular weight excluding hydrogens is 438 g/mol. The molecule has 5 nitrogen and oxygen atoms in total. The zero-order valence-electron chi connectivity index (χ0n) is 15.6. The highest BCUT2D eigenvalue weighted by atomic mass is 79.9. The Balaban J connectivity index is 1.67. The molecule has 0 radical (unpaired) electrons. The van der Waals surface area contributed by atoms with Gasteiger partial charge < -0.3 is 9.64 Å². The van der Waals surface area contributed by atoms with Crippen molar-refractivity contribution in [3.05, 3.63) is 70.3 Å². The van der Waals surface area contributed by atoms with Gasteiger partial charge in [0.1, 0.15) is 16.8 Å². The number of methoxy groups -OCH3 is 1. The fourth-order valence-corrected chi connectivity index (χ4v) is 5.05. The molecule has 1 aromatic heterocycles. The fraction of sp³-hybridized carbons (Fsp3) is 0.238. The third-order valence-electron chi connectivity index (χ3n) is 4.78. The first kappa shape index (κ1) is 19.1. The molecule has 1 amide bonds. The van der Waals surface area contributed by atoms with Gasteiger partial charge in [0, 0.05) is 34.9 Å². The van der Waals surface area contributed by atoms with Crippen molar-refractivity contribution in [1.82, 2.24) is 14.7 Å². The van der Waals surface area contributed by atoms with Crippen LogP contribution in [0.15, 0.2) is 59.1 Å². The molecule has 2 heterocycles. The molecular formula is C21H20BrN3O2S. The number of hydrogen-bond donors (Lipinski definition) is 0. The first-order valence-corrected chi connectivity index (χ1v) is 10.8. The normalized spacial score (nSPS) is 16.4. The second kappa shape index (κ2) is 8.01. The van der Waals surface area contributed by atoms with Crippen LogP contribution >= 0.6 is 27.7 Å². The predicted molar refractivity (Wildman–Crippen MR) is 116 cm³/mol. The molecule has 7 heteroatoms. The maximum absolute atomic E-state index is 13.4. The monoisotopic (exact) mass is 457 g/mol. The van der Waals surface area contributed by atoms with E-state index in [1.54, 1.807) is 23.6 Å². The molecule has 0 spiro atoms. The average molecular weight is 458 g/mol. The summed E-state index contributed by atoms with van der Waals surface area (Å²) in [5.74, 6) is 1.65. The molecule has 1 aliphatic rings. The van der Waals surface area contributed by atoms with Gasteiger partial charge in [-0.05, 0) is 24.3 Å². The number of aromatic nitrogens is 2. The van der Waals surface area contributed by atoms with E-state index in [0.29, 0.717) is 12.2 Å². The molecule has 1 aliphatic heterocycles. The minimum Gasteiger partial charge on any atom is -0.496 e. The second-order valence-corrected chi connectivity index (χ2v) is 8.62. The van der Waals surface area contributed by atoms with Crippen molar-refractivity contribution < 1.29 is 9.53 Å². The molecule has 2 aromatic carbocycles. The Morgan fingerprint density at radius 1 is 1.21 bits per heavy atom. The molecule has 0 saturated carbocycles. The van der Waals surface area contributed by atoms with E-state index < -0.39 is 0 Å². The molecule has 1 atom stereocenters. The Kier molecular flexibility index (Phi) is 5.46. The smallest absolute Gasteiger partial charge is 0.273 e. The molecule has 1 fully saturated rings. The minimum atomic E-state index is -0.0879. The number of aryl methyl sites for hydroxylation is 1. The lowest BCUT2D eigenvalue weighted by molar-refractivity contribution is 0.0748. The number of nitrogens with zero attached hydrogens (tertiary/aromatic N) is 3. The van der Waals surface area contributed by atoms with Crippen molar-refractivity contribution in [3.8, 4) is 17.0 Å². The lowest BCUT2D eigenvalue weighted by atomic mass is 10.1. The summed E-state index contributed by atoms with van der Waals surface area (Å²) in [5, 5.41) is 4.46. The van der Waals surface area contributed by atoms with Gasteiger partial charge in [-0.25, -0.2) is 0 Å². The summed E-state index contributed by atoms with van der Waals surface area (Å²) in [5.41, 5.74) is 3.38. The van der Waals surface area contributed by atoms with Crippen LogP contribution in [0.2, 0.25) is 0 Å². The van der Waals surface area contributed by atoms with Crippen molar-refractivity contribution in [3.63, 3.8) is 0 Å². The number of carbonyl (C=O) groups excluding carboxylic acids is 1. The lowest BCUT2D eigenvalue weighted by Gasteiger charge is -2.25. The van der Waals surface area contributed by atoms with Gasteiger partial charge >= 0.3 is 0 Å². The number of hydrogen-bond acceptors (Lipinski definition) is 4. The molecule has 144 valence electrons. The Bertz CT molecular complexity index is 1010. The first-order chi connectivity index (χ1) is 13.6. The van der Waals surface area contributed by atoms with Crippen molar-refractivity contribution in [2.24, 2.45) is 7.05 Å². The van der Waals surface area contributed by atoms with Crippen molar-refractivity contribution in [1.29, 1.82) is 0 Å². The van der Waals surface area contributed by atoms with Gasteiger partial charge in [-0.3, -0.25) is 9.48 Å². The standard InChI is InChI=1S/C21H20BrN3O2S/c1-24-18(13-17(23-24)14-6-4-3-5-7-14)20(26)25-10-11-28-21(25)16-12-15(22)8-9-19(16)27-2/h3-9,12-13,21H,10-11H2,1-2H3. The quantitative estimate of drug-likeness (QED) is 0.567. The van der Waals surface area contributed by atoms with Crippen molar-refractivity contribution in [2.45, 2.75) is 5.37 Å². The third-order valence-corrected chi connectivity index (χ3v) is 6.51. The summed E-state index contributed by atoms with van der Waals surface area (Å²) in [6, 6.07) is 17.7. The van der Waals surface area contributed by atoms with Crippen LogP contribution in [0.3, 0.4) is 0 Å². The van der Waals surface area contributed by atoms with Crippen LogP contribution in [0.4, 0.5) is 0 Å². The van der Waals surface area contributed by atoms with E-state index in [9.17, 15) is 4.79 Å². The second-order valence-electron chi connectivity index (χ2n) is 6.51. The Morgan fingerprint density at radius 2 is 2.00 bits per heavy atom. The van der Waals surface area contributed by atoms with Gasteiger partial charge in [0.25, 0.3) is 5.91 Å². The molecule has 0 aliphatic carbocycles. The molecule has 1 unspecified atom stereocenters. The maximum atomic E-state index is 13.4. The lowest BCUT2D eigenvalue weighted by Crippen LogP contribution is -2.32. The number of amides is 1. The zero-order chi connectivity index (χ0) is 19.7. The van der Waals surface area contributed by atoms with Crippen LogP contribution in [0, 0.1) is 0 Å². The molecule has 4 rings (SSSR count). The van der Waals surface area contributed by atoms with E-state index in [4.69, 9.17) is 4.74 Å². The SMILES string of the molecule is COc1ccc(Br)cc1C1SCCN1C(=O)c1cc(-c2ccccc2)nn1C. The number of carbonyl (C=O) groups is 1. The Labute approximate surface area is 176 Å². The molecule has 0 bridgehead atoms. The van der Waals surface area contributed by atoms with E-state index in [2.05, 4.69) is 21.0 Å². The average Bonchev–Trinajstić information content (AvgIpc) is 3.35.